The van der Waals surface area contributed by atoms with E-state index in [0.29, 0.717) is 12.1 Å². The van der Waals surface area contributed by atoms with Crippen LogP contribution < -0.4 is 0 Å². The molecule has 0 saturated carbocycles. The summed E-state index contributed by atoms with van der Waals surface area (Å²) in [6, 6.07) is 1.08. The van der Waals surface area contributed by atoms with E-state index in [4.69, 9.17) is 0 Å². The molecule has 0 aromatic carbocycles. The Morgan fingerprint density at radius 1 is 1.00 bits per heavy atom. The van der Waals surface area contributed by atoms with Gasteiger partial charge in [-0.15, -0.1) is 0 Å². The van der Waals surface area contributed by atoms with Gasteiger partial charge in [0.25, 0.3) is 0 Å². The first-order chi connectivity index (χ1) is 3.55. The normalized spacial score (nSPS) is 10.8. The van der Waals surface area contributed by atoms with E-state index >= 15 is 0 Å². The maximum absolute atomic E-state index is 4.25. The van der Waals surface area contributed by atoms with Crippen LogP contribution >= 0.6 is 9.03 Å². The summed E-state index contributed by atoms with van der Waals surface area (Å²) >= 11 is 0. The van der Waals surface area contributed by atoms with Gasteiger partial charge in [-0.3, -0.25) is 0 Å². The molecule has 0 rings (SSSR count). The fourth-order valence-electron chi connectivity index (χ4n) is 0.596. The van der Waals surface area contributed by atoms with Crippen molar-refractivity contribution in [3.63, 3.8) is 0 Å². The van der Waals surface area contributed by atoms with Crippen molar-refractivity contribution in [2.75, 3.05) is 0 Å². The Bertz CT molecular complexity index is 76.5. The Balaban J connectivity index is 3.65. The molecular weight excluding hydrogens is 117 g/mol. The molecule has 0 atom stereocenters. The monoisotopic (exact) mass is 131 g/mol. The van der Waals surface area contributed by atoms with Crippen LogP contribution in [-0.2, 0) is 0 Å². The second-order valence-electron chi connectivity index (χ2n) is 2.57. The topological polar surface area (TPSA) is 3.01 Å². The average molecular weight is 131 g/mol. The highest BCUT2D eigenvalue weighted by atomic mass is 31.0. The van der Waals surface area contributed by atoms with E-state index in [1.54, 1.807) is 0 Å². The zero-order valence-corrected chi connectivity index (χ0v) is 6.94. The molecule has 0 spiro atoms. The van der Waals surface area contributed by atoms with E-state index in [9.17, 15) is 0 Å². The summed E-state index contributed by atoms with van der Waals surface area (Å²) in [6.45, 7) is 8.53. The number of hydrogen-bond donors (Lipinski definition) is 0. The van der Waals surface area contributed by atoms with E-state index < -0.39 is 0 Å². The highest BCUT2D eigenvalue weighted by Crippen LogP contribution is 1.97. The lowest BCUT2D eigenvalue weighted by Crippen LogP contribution is -2.22. The molecular formula is C6H14NP. The summed E-state index contributed by atoms with van der Waals surface area (Å²) in [5.74, 6) is 0. The van der Waals surface area contributed by atoms with Crippen LogP contribution in [0.5, 0.6) is 0 Å². The molecule has 2 heteroatoms. The van der Waals surface area contributed by atoms with E-state index in [1.165, 1.54) is 0 Å². The molecule has 0 aliphatic heterocycles. The van der Waals surface area contributed by atoms with Gasteiger partial charge in [-0.05, 0) is 27.7 Å². The molecule has 0 heterocycles. The minimum Gasteiger partial charge on any atom is -0.417 e. The second-order valence-corrected chi connectivity index (χ2v) is 3.03. The molecule has 48 valence electrons. The van der Waals surface area contributed by atoms with Crippen molar-refractivity contribution >= 4 is 9.03 Å². The molecule has 0 aliphatic rings. The average Bonchev–Trinajstić information content (AvgIpc) is 1.64. The first kappa shape index (κ1) is 8.10. The molecule has 0 N–H and O–H groups in total. The lowest BCUT2D eigenvalue weighted by molar-refractivity contribution is -0.563. The van der Waals surface area contributed by atoms with Crippen LogP contribution in [0.3, 0.4) is 0 Å². The van der Waals surface area contributed by atoms with E-state index in [0.717, 1.165) is 0 Å². The minimum absolute atomic E-state index is 0.540. The van der Waals surface area contributed by atoms with Crippen molar-refractivity contribution in [1.82, 2.24) is 0 Å². The van der Waals surface area contributed by atoms with Gasteiger partial charge in [0, 0.05) is 0 Å². The molecule has 8 heavy (non-hydrogen) atoms. The Hall–Kier alpha value is 0.100. The number of hydrogen-bond acceptors (Lipinski definition) is 0. The van der Waals surface area contributed by atoms with Crippen LogP contribution in [0, 0.1) is 0 Å². The summed E-state index contributed by atoms with van der Waals surface area (Å²) in [4.78, 5) is 0. The Labute approximate surface area is 54.0 Å². The molecule has 1 nitrogen and oxygen atoms in total. The number of rotatable bonds is 2. The van der Waals surface area contributed by atoms with Crippen LogP contribution in [0.4, 0.5) is 0 Å². The van der Waals surface area contributed by atoms with Gasteiger partial charge in [0.15, 0.2) is 0 Å². The molecule has 0 saturated heterocycles. The third-order valence-electron chi connectivity index (χ3n) is 1.06. The highest BCUT2D eigenvalue weighted by Gasteiger charge is 2.01. The highest BCUT2D eigenvalue weighted by molar-refractivity contribution is 7.00. The first-order valence-corrected chi connectivity index (χ1v) is 3.43. The molecule has 0 fully saturated rings. The standard InChI is InChI=1S/C6H14NP/c1-5(2)7(8)6(3)4/h5-6H,1-4H3. The smallest absolute Gasteiger partial charge is 0.115 e. The zero-order valence-electron chi connectivity index (χ0n) is 6.05. The summed E-state index contributed by atoms with van der Waals surface area (Å²) < 4.78 is 2.03. The first-order valence-electron chi connectivity index (χ1n) is 3.03. The van der Waals surface area contributed by atoms with Crippen LogP contribution in [0.2, 0.25) is 0 Å². The van der Waals surface area contributed by atoms with Gasteiger partial charge in [-0.25, -0.2) is 0 Å². The Morgan fingerprint density at radius 2 is 1.25 bits per heavy atom. The summed E-state index contributed by atoms with van der Waals surface area (Å²) in [5, 5.41) is 0. The van der Waals surface area contributed by atoms with Crippen LogP contribution in [0.15, 0.2) is 0 Å². The maximum Gasteiger partial charge on any atom is 0.115 e. The van der Waals surface area contributed by atoms with Crippen molar-refractivity contribution in [3.8, 4) is 0 Å². The minimum atomic E-state index is 0.540. The quantitative estimate of drug-likeness (QED) is 0.506. The van der Waals surface area contributed by atoms with Crippen LogP contribution in [-0.4, -0.2) is 16.4 Å². The van der Waals surface area contributed by atoms with Crippen molar-refractivity contribution in [3.05, 3.63) is 0 Å². The van der Waals surface area contributed by atoms with Gasteiger partial charge in [0.2, 0.25) is 0 Å². The molecule has 0 aromatic rings. The summed E-state index contributed by atoms with van der Waals surface area (Å²) in [5.41, 5.74) is 0. The van der Waals surface area contributed by atoms with E-state index in [2.05, 4.69) is 36.7 Å². The van der Waals surface area contributed by atoms with Crippen molar-refractivity contribution in [2.24, 2.45) is 0 Å². The molecule has 0 unspecified atom stereocenters. The van der Waals surface area contributed by atoms with Crippen molar-refractivity contribution in [2.45, 2.75) is 39.8 Å². The summed E-state index contributed by atoms with van der Waals surface area (Å²) in [7, 11) is 4.25. The molecule has 0 aliphatic carbocycles. The molecule has 0 radical (unpaired) electrons. The third kappa shape index (κ3) is 2.42. The van der Waals surface area contributed by atoms with Gasteiger partial charge in [-0.2, -0.15) is 0 Å². The lowest BCUT2D eigenvalue weighted by Gasteiger charge is -2.17. The fourth-order valence-corrected chi connectivity index (χ4v) is 0.596. The SMILES string of the molecule is CC(C)[N+](=[P-])C(C)C. The lowest BCUT2D eigenvalue weighted by atomic mass is 10.3. The second kappa shape index (κ2) is 3.19. The van der Waals surface area contributed by atoms with E-state index in [1.807, 2.05) is 4.33 Å². The Morgan fingerprint density at radius 3 is 1.25 bits per heavy atom. The molecule has 0 aromatic heterocycles. The van der Waals surface area contributed by atoms with E-state index in [-0.39, 0.29) is 0 Å². The van der Waals surface area contributed by atoms with Crippen molar-refractivity contribution in [1.29, 1.82) is 0 Å². The number of nitrogens with zero attached hydrogens (tertiary/aromatic N) is 1. The predicted octanol–water partition coefficient (Wildman–Crippen LogP) is 2.41. The predicted molar refractivity (Wildman–Crippen MR) is 37.5 cm³/mol. The van der Waals surface area contributed by atoms with Gasteiger partial charge < -0.3 is 13.4 Å². The van der Waals surface area contributed by atoms with Crippen LogP contribution in [0.25, 0.3) is 0 Å². The van der Waals surface area contributed by atoms with Gasteiger partial charge >= 0.3 is 0 Å². The van der Waals surface area contributed by atoms with Crippen molar-refractivity contribution < 1.29 is 4.33 Å². The van der Waals surface area contributed by atoms with Gasteiger partial charge in [0.05, 0.1) is 0 Å². The van der Waals surface area contributed by atoms with Crippen LogP contribution in [0.1, 0.15) is 27.7 Å². The molecule has 0 bridgehead atoms. The zero-order chi connectivity index (χ0) is 6.73. The van der Waals surface area contributed by atoms with Gasteiger partial charge in [-0.1, -0.05) is 0 Å². The maximum atomic E-state index is 4.25. The fraction of sp³-hybridized carbons (Fsp3) is 1.00. The Kier molecular flexibility index (Phi) is 3.23. The summed E-state index contributed by atoms with van der Waals surface area (Å²) in [6.07, 6.45) is 0. The van der Waals surface area contributed by atoms with Gasteiger partial charge in [0.1, 0.15) is 12.1 Å². The largest absolute Gasteiger partial charge is 0.417 e. The molecule has 0 amide bonds. The third-order valence-corrected chi connectivity index (χ3v) is 1.98.